The van der Waals surface area contributed by atoms with Crippen molar-refractivity contribution in [2.75, 3.05) is 0 Å². The number of hydrogen-bond donors (Lipinski definition) is 0. The monoisotopic (exact) mass is 230 g/mol. The van der Waals surface area contributed by atoms with E-state index in [0.717, 1.165) is 6.42 Å². The molecule has 94 valence electrons. The van der Waals surface area contributed by atoms with E-state index < -0.39 is 0 Å². The van der Waals surface area contributed by atoms with E-state index in [9.17, 15) is 0 Å². The fraction of sp³-hybridized carbons (Fsp3) is 0.647. The highest BCUT2D eigenvalue weighted by Gasteiger charge is 2.32. The highest BCUT2D eigenvalue weighted by Crippen LogP contribution is 2.42. The lowest BCUT2D eigenvalue weighted by atomic mass is 9.67. The van der Waals surface area contributed by atoms with E-state index in [1.165, 1.54) is 50.5 Å². The van der Waals surface area contributed by atoms with Gasteiger partial charge in [0.2, 0.25) is 0 Å². The van der Waals surface area contributed by atoms with E-state index in [1.807, 2.05) is 0 Å². The largest absolute Gasteiger partial charge is 0.0654 e. The van der Waals surface area contributed by atoms with Gasteiger partial charge < -0.3 is 0 Å². The second kappa shape index (κ2) is 5.71. The Morgan fingerprint density at radius 2 is 1.59 bits per heavy atom. The summed E-state index contributed by atoms with van der Waals surface area (Å²) in [5.41, 5.74) is 3.59. The van der Waals surface area contributed by atoms with Crippen LogP contribution >= 0.6 is 0 Å². The molecule has 0 amide bonds. The molecular formula is C17H26. The number of rotatable bonds is 4. The summed E-state index contributed by atoms with van der Waals surface area (Å²) in [4.78, 5) is 0. The summed E-state index contributed by atoms with van der Waals surface area (Å²) in [6, 6.07) is 9.47. The van der Waals surface area contributed by atoms with E-state index in [-0.39, 0.29) is 0 Å². The van der Waals surface area contributed by atoms with Gasteiger partial charge in [-0.15, -0.1) is 0 Å². The molecule has 1 aromatic rings. The molecule has 0 heteroatoms. The summed E-state index contributed by atoms with van der Waals surface area (Å²) >= 11 is 0. The van der Waals surface area contributed by atoms with Crippen LogP contribution < -0.4 is 0 Å². The second-order valence-electron chi connectivity index (χ2n) is 5.64. The molecule has 0 N–H and O–H groups in total. The molecule has 0 saturated heterocycles. The van der Waals surface area contributed by atoms with Gasteiger partial charge >= 0.3 is 0 Å². The maximum atomic E-state index is 2.40. The van der Waals surface area contributed by atoms with E-state index in [1.54, 1.807) is 5.56 Å². The van der Waals surface area contributed by atoms with E-state index in [2.05, 4.69) is 38.1 Å². The standard InChI is InChI=1S/C17H26/c1-3-12-17(13-6-5-7-14-17)16-10-8-15(4-2)9-11-16/h8-11H,3-7,12-14H2,1-2H3. The number of benzene rings is 1. The molecule has 0 unspecified atom stereocenters. The van der Waals surface area contributed by atoms with Crippen LogP contribution in [0.25, 0.3) is 0 Å². The number of aryl methyl sites for hydroxylation is 1. The molecule has 1 fully saturated rings. The predicted molar refractivity (Wildman–Crippen MR) is 75.5 cm³/mol. The second-order valence-corrected chi connectivity index (χ2v) is 5.64. The molecule has 0 aromatic heterocycles. The molecule has 2 rings (SSSR count). The van der Waals surface area contributed by atoms with Crippen LogP contribution in [0.4, 0.5) is 0 Å². The summed E-state index contributed by atoms with van der Waals surface area (Å²) in [5.74, 6) is 0. The quantitative estimate of drug-likeness (QED) is 0.662. The van der Waals surface area contributed by atoms with Gasteiger partial charge in [0.25, 0.3) is 0 Å². The van der Waals surface area contributed by atoms with Gasteiger partial charge in [0, 0.05) is 0 Å². The lowest BCUT2D eigenvalue weighted by Crippen LogP contribution is -2.28. The van der Waals surface area contributed by atoms with Crippen LogP contribution in [0.2, 0.25) is 0 Å². The zero-order valence-corrected chi connectivity index (χ0v) is 11.5. The van der Waals surface area contributed by atoms with Crippen molar-refractivity contribution in [1.29, 1.82) is 0 Å². The van der Waals surface area contributed by atoms with Crippen molar-refractivity contribution in [2.24, 2.45) is 0 Å². The van der Waals surface area contributed by atoms with Gasteiger partial charge in [-0.3, -0.25) is 0 Å². The molecule has 0 atom stereocenters. The first-order valence-corrected chi connectivity index (χ1v) is 7.40. The van der Waals surface area contributed by atoms with Crippen molar-refractivity contribution in [3.63, 3.8) is 0 Å². The van der Waals surface area contributed by atoms with Crippen molar-refractivity contribution < 1.29 is 0 Å². The number of hydrogen-bond acceptors (Lipinski definition) is 0. The smallest absolute Gasteiger partial charge is 0.00471 e. The normalized spacial score (nSPS) is 19.2. The summed E-state index contributed by atoms with van der Waals surface area (Å²) in [7, 11) is 0. The van der Waals surface area contributed by atoms with Crippen LogP contribution in [0.1, 0.15) is 69.9 Å². The van der Waals surface area contributed by atoms with Crippen LogP contribution in [-0.2, 0) is 11.8 Å². The highest BCUT2D eigenvalue weighted by atomic mass is 14.4. The molecule has 0 spiro atoms. The predicted octanol–water partition coefficient (Wildman–Crippen LogP) is 5.25. The fourth-order valence-corrected chi connectivity index (χ4v) is 3.48. The Morgan fingerprint density at radius 1 is 0.941 bits per heavy atom. The van der Waals surface area contributed by atoms with Crippen LogP contribution in [-0.4, -0.2) is 0 Å². The molecule has 0 radical (unpaired) electrons. The molecule has 1 aromatic carbocycles. The van der Waals surface area contributed by atoms with Gasteiger partial charge in [-0.25, -0.2) is 0 Å². The molecule has 0 nitrogen and oxygen atoms in total. The maximum absolute atomic E-state index is 2.40. The molecule has 1 saturated carbocycles. The van der Waals surface area contributed by atoms with Crippen molar-refractivity contribution in [1.82, 2.24) is 0 Å². The van der Waals surface area contributed by atoms with Gasteiger partial charge in [0.15, 0.2) is 0 Å². The van der Waals surface area contributed by atoms with Gasteiger partial charge in [-0.1, -0.05) is 63.8 Å². The maximum Gasteiger partial charge on any atom is -0.00471 e. The van der Waals surface area contributed by atoms with Crippen molar-refractivity contribution in [3.05, 3.63) is 35.4 Å². The van der Waals surface area contributed by atoms with Crippen LogP contribution in [0, 0.1) is 0 Å². The minimum Gasteiger partial charge on any atom is -0.0654 e. The van der Waals surface area contributed by atoms with E-state index in [4.69, 9.17) is 0 Å². The minimum absolute atomic E-state index is 0.513. The lowest BCUT2D eigenvalue weighted by Gasteiger charge is -2.38. The summed E-state index contributed by atoms with van der Waals surface area (Å²) in [6.07, 6.45) is 11.0. The third-order valence-electron chi connectivity index (χ3n) is 4.51. The Bertz CT molecular complexity index is 322. The van der Waals surface area contributed by atoms with Crippen LogP contribution in [0.15, 0.2) is 24.3 Å². The minimum atomic E-state index is 0.513. The average molecular weight is 230 g/mol. The van der Waals surface area contributed by atoms with Crippen LogP contribution in [0.3, 0.4) is 0 Å². The first-order chi connectivity index (χ1) is 8.30. The Labute approximate surface area is 106 Å². The zero-order chi connectivity index (χ0) is 12.1. The molecule has 1 aliphatic rings. The molecular weight excluding hydrogens is 204 g/mol. The van der Waals surface area contributed by atoms with E-state index >= 15 is 0 Å². The Kier molecular flexibility index (Phi) is 4.25. The van der Waals surface area contributed by atoms with Crippen LogP contribution in [0.5, 0.6) is 0 Å². The zero-order valence-electron chi connectivity index (χ0n) is 11.5. The first kappa shape index (κ1) is 12.7. The van der Waals surface area contributed by atoms with Crippen molar-refractivity contribution in [2.45, 2.75) is 70.6 Å². The summed E-state index contributed by atoms with van der Waals surface area (Å²) in [5, 5.41) is 0. The van der Waals surface area contributed by atoms with E-state index in [0.29, 0.717) is 5.41 Å². The first-order valence-electron chi connectivity index (χ1n) is 7.40. The lowest BCUT2D eigenvalue weighted by molar-refractivity contribution is 0.271. The SMILES string of the molecule is CCCC1(c2ccc(CC)cc2)CCCCC1. The summed E-state index contributed by atoms with van der Waals surface area (Å²) < 4.78 is 0. The fourth-order valence-electron chi connectivity index (χ4n) is 3.48. The van der Waals surface area contributed by atoms with Gasteiger partial charge in [0.1, 0.15) is 0 Å². The molecule has 0 heterocycles. The third-order valence-corrected chi connectivity index (χ3v) is 4.51. The topological polar surface area (TPSA) is 0 Å². The van der Waals surface area contributed by atoms with Gasteiger partial charge in [-0.05, 0) is 42.2 Å². The molecule has 0 aliphatic heterocycles. The van der Waals surface area contributed by atoms with Gasteiger partial charge in [0.05, 0.1) is 0 Å². The molecule has 17 heavy (non-hydrogen) atoms. The highest BCUT2D eigenvalue weighted by molar-refractivity contribution is 5.29. The molecule has 0 bridgehead atoms. The molecule has 1 aliphatic carbocycles. The summed E-state index contributed by atoms with van der Waals surface area (Å²) in [6.45, 7) is 4.56. The Balaban J connectivity index is 2.24. The van der Waals surface area contributed by atoms with Gasteiger partial charge in [-0.2, -0.15) is 0 Å². The van der Waals surface area contributed by atoms with Crippen molar-refractivity contribution in [3.8, 4) is 0 Å². The Morgan fingerprint density at radius 3 is 2.12 bits per heavy atom. The third kappa shape index (κ3) is 2.73. The average Bonchev–Trinajstić information content (AvgIpc) is 2.40. The Hall–Kier alpha value is -0.780. The van der Waals surface area contributed by atoms with Crippen molar-refractivity contribution >= 4 is 0 Å².